The molecule has 0 amide bonds. The van der Waals surface area contributed by atoms with Gasteiger partial charge in [0.15, 0.2) is 6.10 Å². The largest absolute Gasteiger partial charge is 0.508 e. The summed E-state index contributed by atoms with van der Waals surface area (Å²) in [5, 5.41) is 39.9. The van der Waals surface area contributed by atoms with Gasteiger partial charge in [-0.25, -0.2) is 4.79 Å². The SMILES string of the molecule is CC1=C(/C=C/C(C)=C/C=C/C(C)=C/C(=O)O[C@H]2[C@H](Oc3ccc(O)cc3)O[C@H](CO)[C@@H](O)[C@@H]2O)C(C)(C)CCC1. The molecule has 40 heavy (non-hydrogen) atoms. The highest BCUT2D eigenvalue weighted by Crippen LogP contribution is 2.40. The molecule has 0 saturated carbocycles. The van der Waals surface area contributed by atoms with Crippen molar-refractivity contribution in [2.45, 2.75) is 84.6 Å². The number of esters is 1. The van der Waals surface area contributed by atoms with Gasteiger partial charge in [-0.2, -0.15) is 0 Å². The van der Waals surface area contributed by atoms with Crippen molar-refractivity contribution in [1.82, 2.24) is 0 Å². The van der Waals surface area contributed by atoms with E-state index >= 15 is 0 Å². The highest BCUT2D eigenvalue weighted by molar-refractivity contribution is 5.83. The molecule has 5 atom stereocenters. The Morgan fingerprint density at radius 1 is 1.10 bits per heavy atom. The van der Waals surface area contributed by atoms with E-state index in [9.17, 15) is 25.2 Å². The molecule has 0 bridgehead atoms. The zero-order valence-corrected chi connectivity index (χ0v) is 23.9. The average molecular weight is 555 g/mol. The summed E-state index contributed by atoms with van der Waals surface area (Å²) in [6.07, 6.45) is 7.82. The molecule has 0 spiro atoms. The van der Waals surface area contributed by atoms with Crippen LogP contribution in [-0.4, -0.2) is 63.7 Å². The van der Waals surface area contributed by atoms with Crippen molar-refractivity contribution in [2.24, 2.45) is 5.41 Å². The first-order valence-corrected chi connectivity index (χ1v) is 13.6. The fourth-order valence-electron chi connectivity index (χ4n) is 4.97. The molecule has 218 valence electrons. The van der Waals surface area contributed by atoms with Crippen LogP contribution in [0.2, 0.25) is 0 Å². The van der Waals surface area contributed by atoms with Crippen molar-refractivity contribution in [1.29, 1.82) is 0 Å². The third-order valence-corrected chi connectivity index (χ3v) is 7.28. The van der Waals surface area contributed by atoms with Crippen LogP contribution in [0, 0.1) is 5.41 Å². The zero-order chi connectivity index (χ0) is 29.4. The Labute approximate surface area is 236 Å². The molecular weight excluding hydrogens is 512 g/mol. The number of phenolic OH excluding ortho intramolecular Hbond substituents is 1. The van der Waals surface area contributed by atoms with Gasteiger partial charge in [0.05, 0.1) is 6.61 Å². The Hall–Kier alpha value is -3.17. The van der Waals surface area contributed by atoms with E-state index in [4.69, 9.17) is 14.2 Å². The Bertz CT molecular complexity index is 1170. The summed E-state index contributed by atoms with van der Waals surface area (Å²) in [4.78, 5) is 12.7. The van der Waals surface area contributed by atoms with Gasteiger partial charge in [0.2, 0.25) is 6.29 Å². The second-order valence-corrected chi connectivity index (χ2v) is 11.1. The van der Waals surface area contributed by atoms with Gasteiger partial charge in [0, 0.05) is 6.08 Å². The lowest BCUT2D eigenvalue weighted by Crippen LogP contribution is -2.61. The molecule has 8 heteroatoms. The monoisotopic (exact) mass is 554 g/mol. The highest BCUT2D eigenvalue weighted by atomic mass is 16.7. The summed E-state index contributed by atoms with van der Waals surface area (Å²) in [5.74, 6) is -0.459. The fraction of sp³-hybridized carbons (Fsp3) is 0.469. The number of benzene rings is 1. The number of carbonyl (C=O) groups excluding carboxylic acids is 1. The number of aliphatic hydroxyl groups is 3. The summed E-state index contributed by atoms with van der Waals surface area (Å²) < 4.78 is 16.7. The minimum atomic E-state index is -1.56. The number of aromatic hydroxyl groups is 1. The van der Waals surface area contributed by atoms with Crippen molar-refractivity contribution < 1.29 is 39.4 Å². The Morgan fingerprint density at radius 2 is 1.80 bits per heavy atom. The van der Waals surface area contributed by atoms with E-state index in [-0.39, 0.29) is 16.9 Å². The van der Waals surface area contributed by atoms with Gasteiger partial charge in [0.25, 0.3) is 0 Å². The molecular formula is C32H42O8. The molecule has 8 nitrogen and oxygen atoms in total. The van der Waals surface area contributed by atoms with Crippen molar-refractivity contribution >= 4 is 5.97 Å². The van der Waals surface area contributed by atoms with Crippen LogP contribution < -0.4 is 4.74 Å². The van der Waals surface area contributed by atoms with E-state index in [0.717, 1.165) is 12.0 Å². The summed E-state index contributed by atoms with van der Waals surface area (Å²) in [6, 6.07) is 5.73. The summed E-state index contributed by atoms with van der Waals surface area (Å²) in [6.45, 7) is 9.96. The zero-order valence-electron chi connectivity index (χ0n) is 23.9. The van der Waals surface area contributed by atoms with E-state index < -0.39 is 43.3 Å². The van der Waals surface area contributed by atoms with Crippen LogP contribution in [0.4, 0.5) is 0 Å². The minimum Gasteiger partial charge on any atom is -0.508 e. The summed E-state index contributed by atoms with van der Waals surface area (Å²) >= 11 is 0. The number of hydrogen-bond acceptors (Lipinski definition) is 8. The lowest BCUT2D eigenvalue weighted by molar-refractivity contribution is -0.281. The third kappa shape index (κ3) is 8.41. The van der Waals surface area contributed by atoms with Crippen LogP contribution in [0.15, 0.2) is 83.0 Å². The van der Waals surface area contributed by atoms with Crippen LogP contribution in [0.3, 0.4) is 0 Å². The lowest BCUT2D eigenvalue weighted by atomic mass is 9.72. The fourth-order valence-corrected chi connectivity index (χ4v) is 4.97. The Kier molecular flexibility index (Phi) is 10.9. The van der Waals surface area contributed by atoms with Crippen LogP contribution >= 0.6 is 0 Å². The molecule has 1 heterocycles. The third-order valence-electron chi connectivity index (χ3n) is 7.28. The van der Waals surface area contributed by atoms with Crippen LogP contribution in [-0.2, 0) is 14.3 Å². The topological polar surface area (TPSA) is 126 Å². The molecule has 1 saturated heterocycles. The van der Waals surface area contributed by atoms with Gasteiger partial charge < -0.3 is 34.6 Å². The lowest BCUT2D eigenvalue weighted by Gasteiger charge is -2.41. The molecule has 0 aromatic heterocycles. The quantitative estimate of drug-likeness (QED) is 0.197. The first kappa shape index (κ1) is 31.4. The van der Waals surface area contributed by atoms with Gasteiger partial charge in [-0.1, -0.05) is 55.4 Å². The smallest absolute Gasteiger partial charge is 0.331 e. The molecule has 2 aliphatic rings. The van der Waals surface area contributed by atoms with E-state index in [2.05, 4.69) is 32.9 Å². The molecule has 1 aromatic carbocycles. The second-order valence-electron chi connectivity index (χ2n) is 11.1. The van der Waals surface area contributed by atoms with Crippen LogP contribution in [0.1, 0.15) is 53.9 Å². The molecule has 4 N–H and O–H groups in total. The number of rotatable bonds is 9. The molecule has 1 aromatic rings. The standard InChI is InChI=1S/C32H42O8/c1-20(11-16-25-22(3)10-7-17-32(25,4)5)8-6-9-21(2)18-27(35)40-30-29(37)28(36)26(19-33)39-31(30)38-24-14-12-23(34)13-15-24/h6,8-9,11-16,18,26,28-31,33-34,36-37H,7,10,17,19H2,1-5H3/b9-6+,16-11+,20-8+,21-18+/t26-,28-,29+,30-,31-/m1/s1. The number of phenols is 1. The van der Waals surface area contributed by atoms with Gasteiger partial charge in [-0.3, -0.25) is 0 Å². The van der Waals surface area contributed by atoms with E-state index in [0.29, 0.717) is 5.57 Å². The first-order chi connectivity index (χ1) is 18.9. The van der Waals surface area contributed by atoms with Crippen molar-refractivity contribution in [3.05, 3.63) is 83.0 Å². The van der Waals surface area contributed by atoms with Gasteiger partial charge in [-0.05, 0) is 80.9 Å². The minimum absolute atomic E-state index is 0.0268. The van der Waals surface area contributed by atoms with E-state index in [1.807, 2.05) is 19.1 Å². The van der Waals surface area contributed by atoms with Gasteiger partial charge in [0.1, 0.15) is 29.8 Å². The average Bonchev–Trinajstić information content (AvgIpc) is 2.88. The molecule has 3 rings (SSSR count). The second kappa shape index (κ2) is 13.9. The predicted molar refractivity (Wildman–Crippen MR) is 153 cm³/mol. The van der Waals surface area contributed by atoms with Crippen LogP contribution in [0.5, 0.6) is 11.5 Å². The van der Waals surface area contributed by atoms with Crippen molar-refractivity contribution in [2.75, 3.05) is 6.61 Å². The van der Waals surface area contributed by atoms with E-state index in [1.165, 1.54) is 54.3 Å². The summed E-state index contributed by atoms with van der Waals surface area (Å²) in [7, 11) is 0. The Balaban J connectivity index is 1.66. The molecule has 1 aliphatic heterocycles. The van der Waals surface area contributed by atoms with Gasteiger partial charge >= 0.3 is 5.97 Å². The number of ether oxygens (including phenoxy) is 3. The summed E-state index contributed by atoms with van der Waals surface area (Å²) in [5.41, 5.74) is 4.69. The maximum Gasteiger partial charge on any atom is 0.331 e. The van der Waals surface area contributed by atoms with Crippen molar-refractivity contribution in [3.63, 3.8) is 0 Å². The number of allylic oxidation sites excluding steroid dienone is 9. The number of aliphatic hydroxyl groups excluding tert-OH is 3. The van der Waals surface area contributed by atoms with Gasteiger partial charge in [-0.15, -0.1) is 0 Å². The highest BCUT2D eigenvalue weighted by Gasteiger charge is 2.47. The normalized spacial score (nSPS) is 27.9. The van der Waals surface area contributed by atoms with E-state index in [1.54, 1.807) is 13.0 Å². The van der Waals surface area contributed by atoms with Crippen molar-refractivity contribution in [3.8, 4) is 11.5 Å². The Morgan fingerprint density at radius 3 is 2.45 bits per heavy atom. The molecule has 1 aliphatic carbocycles. The molecule has 0 radical (unpaired) electrons. The first-order valence-electron chi connectivity index (χ1n) is 13.6. The molecule has 1 fully saturated rings. The maximum absolute atomic E-state index is 12.7. The van der Waals surface area contributed by atoms with Crippen LogP contribution in [0.25, 0.3) is 0 Å². The number of carbonyl (C=O) groups is 1. The predicted octanol–water partition coefficient (Wildman–Crippen LogP) is 4.65. The maximum atomic E-state index is 12.7. The number of hydrogen-bond donors (Lipinski definition) is 4. The molecule has 0 unspecified atom stereocenters.